The van der Waals surface area contributed by atoms with Crippen LogP contribution in [-0.4, -0.2) is 15.1 Å². The summed E-state index contributed by atoms with van der Waals surface area (Å²) >= 11 is 7.30. The monoisotopic (exact) mass is 226 g/mol. The van der Waals surface area contributed by atoms with Crippen molar-refractivity contribution in [3.05, 3.63) is 45.6 Å². The molecule has 2 heterocycles. The van der Waals surface area contributed by atoms with E-state index in [1.807, 2.05) is 5.38 Å². The number of aromatic nitrogens is 2. The van der Waals surface area contributed by atoms with E-state index in [9.17, 15) is 5.11 Å². The van der Waals surface area contributed by atoms with E-state index in [0.29, 0.717) is 15.6 Å². The first-order valence-corrected chi connectivity index (χ1v) is 5.21. The van der Waals surface area contributed by atoms with Crippen molar-refractivity contribution >= 4 is 22.9 Å². The molecular weight excluding hydrogens is 220 g/mol. The van der Waals surface area contributed by atoms with E-state index in [-0.39, 0.29) is 0 Å². The number of hydrogen-bond donors (Lipinski definition) is 1. The topological polar surface area (TPSA) is 46.0 Å². The van der Waals surface area contributed by atoms with E-state index in [4.69, 9.17) is 11.6 Å². The summed E-state index contributed by atoms with van der Waals surface area (Å²) in [6, 6.07) is 3.42. The summed E-state index contributed by atoms with van der Waals surface area (Å²) in [7, 11) is 0. The maximum Gasteiger partial charge on any atom is 0.132 e. The molecule has 72 valence electrons. The van der Waals surface area contributed by atoms with Crippen LogP contribution in [0.2, 0.25) is 5.02 Å². The second-order valence-corrected chi connectivity index (χ2v) is 4.02. The maximum absolute atomic E-state index is 9.90. The normalized spacial score (nSPS) is 12.7. The van der Waals surface area contributed by atoms with Crippen molar-refractivity contribution in [2.75, 3.05) is 0 Å². The smallest absolute Gasteiger partial charge is 0.132 e. The van der Waals surface area contributed by atoms with Gasteiger partial charge in [0.25, 0.3) is 0 Å². The molecule has 0 bridgehead atoms. The lowest BCUT2D eigenvalue weighted by Crippen LogP contribution is -2.00. The highest BCUT2D eigenvalue weighted by molar-refractivity contribution is 7.10. The third-order valence-corrected chi connectivity index (χ3v) is 3.19. The lowest BCUT2D eigenvalue weighted by atomic mass is 10.2. The van der Waals surface area contributed by atoms with Crippen molar-refractivity contribution in [2.24, 2.45) is 0 Å². The van der Waals surface area contributed by atoms with E-state index in [2.05, 4.69) is 9.97 Å². The quantitative estimate of drug-likeness (QED) is 0.855. The van der Waals surface area contributed by atoms with Gasteiger partial charge in [0.1, 0.15) is 12.4 Å². The summed E-state index contributed by atoms with van der Waals surface area (Å²) in [6.07, 6.45) is 2.23. The largest absolute Gasteiger partial charge is 0.381 e. The first-order valence-electron chi connectivity index (χ1n) is 3.96. The molecule has 0 saturated carbocycles. The number of halogens is 1. The van der Waals surface area contributed by atoms with Crippen molar-refractivity contribution < 1.29 is 5.11 Å². The van der Waals surface area contributed by atoms with Crippen LogP contribution in [0.15, 0.2) is 30.0 Å². The van der Waals surface area contributed by atoms with E-state index < -0.39 is 6.10 Å². The molecule has 5 heteroatoms. The second-order valence-electron chi connectivity index (χ2n) is 2.67. The number of aliphatic hydroxyl groups is 1. The van der Waals surface area contributed by atoms with Crippen LogP contribution >= 0.6 is 22.9 Å². The third kappa shape index (κ3) is 1.77. The molecule has 0 aromatic carbocycles. The second kappa shape index (κ2) is 4.04. The zero-order valence-corrected chi connectivity index (χ0v) is 8.66. The fourth-order valence-corrected chi connectivity index (χ4v) is 2.25. The number of hydrogen-bond acceptors (Lipinski definition) is 4. The summed E-state index contributed by atoms with van der Waals surface area (Å²) in [5.74, 6) is 0. The molecule has 1 unspecified atom stereocenters. The Balaban J connectivity index is 2.34. The average molecular weight is 227 g/mol. The highest BCUT2D eigenvalue weighted by atomic mass is 35.5. The first-order chi connectivity index (χ1) is 6.79. The van der Waals surface area contributed by atoms with Gasteiger partial charge in [-0.3, -0.25) is 0 Å². The summed E-state index contributed by atoms with van der Waals surface area (Å²) in [5.41, 5.74) is 0.560. The molecule has 14 heavy (non-hydrogen) atoms. The highest BCUT2D eigenvalue weighted by Gasteiger charge is 2.15. The molecule has 1 atom stereocenters. The minimum absolute atomic E-state index is 0.560. The van der Waals surface area contributed by atoms with Crippen LogP contribution in [0.4, 0.5) is 0 Å². The van der Waals surface area contributed by atoms with E-state index in [1.54, 1.807) is 18.3 Å². The van der Waals surface area contributed by atoms with Crippen LogP contribution in [0.25, 0.3) is 0 Å². The van der Waals surface area contributed by atoms with E-state index >= 15 is 0 Å². The Bertz CT molecular complexity index is 418. The van der Waals surface area contributed by atoms with Gasteiger partial charge in [0.05, 0.1) is 15.6 Å². The highest BCUT2D eigenvalue weighted by Crippen LogP contribution is 2.31. The van der Waals surface area contributed by atoms with Crippen LogP contribution in [0.5, 0.6) is 0 Å². The minimum Gasteiger partial charge on any atom is -0.381 e. The van der Waals surface area contributed by atoms with Crippen molar-refractivity contribution in [1.82, 2.24) is 9.97 Å². The molecule has 2 aromatic rings. The minimum atomic E-state index is -0.759. The molecule has 0 spiro atoms. The molecule has 0 fully saturated rings. The average Bonchev–Trinajstić information content (AvgIpc) is 2.65. The lowest BCUT2D eigenvalue weighted by molar-refractivity contribution is 0.219. The zero-order chi connectivity index (χ0) is 9.97. The fourth-order valence-electron chi connectivity index (χ4n) is 1.10. The summed E-state index contributed by atoms with van der Waals surface area (Å²) in [5, 5.41) is 12.3. The predicted molar refractivity (Wildman–Crippen MR) is 55.4 cm³/mol. The van der Waals surface area contributed by atoms with Crippen molar-refractivity contribution in [1.29, 1.82) is 0 Å². The summed E-state index contributed by atoms with van der Waals surface area (Å²) in [6.45, 7) is 0. The molecule has 0 aliphatic carbocycles. The van der Waals surface area contributed by atoms with Crippen LogP contribution in [0.3, 0.4) is 0 Å². The van der Waals surface area contributed by atoms with Gasteiger partial charge in [0.2, 0.25) is 0 Å². The Morgan fingerprint density at radius 2 is 2.29 bits per heavy atom. The lowest BCUT2D eigenvalue weighted by Gasteiger charge is -2.07. The van der Waals surface area contributed by atoms with Gasteiger partial charge in [0, 0.05) is 6.20 Å². The predicted octanol–water partition coefficient (Wildman–Crippen LogP) is 2.27. The maximum atomic E-state index is 9.90. The molecular formula is C9H7ClN2OS. The fraction of sp³-hybridized carbons (Fsp3) is 0.111. The zero-order valence-electron chi connectivity index (χ0n) is 7.09. The molecule has 0 amide bonds. The van der Waals surface area contributed by atoms with Gasteiger partial charge in [-0.25, -0.2) is 9.97 Å². The van der Waals surface area contributed by atoms with E-state index in [1.165, 1.54) is 17.7 Å². The number of thiophene rings is 1. The molecule has 2 rings (SSSR count). The van der Waals surface area contributed by atoms with Gasteiger partial charge in [-0.2, -0.15) is 0 Å². The van der Waals surface area contributed by atoms with Crippen molar-refractivity contribution in [3.8, 4) is 0 Å². The van der Waals surface area contributed by atoms with E-state index in [0.717, 1.165) is 0 Å². The number of aliphatic hydroxyl groups excluding tert-OH is 1. The molecule has 2 aromatic heterocycles. The first kappa shape index (κ1) is 9.58. The molecule has 0 saturated heterocycles. The van der Waals surface area contributed by atoms with Gasteiger partial charge in [-0.05, 0) is 17.5 Å². The van der Waals surface area contributed by atoms with Gasteiger partial charge < -0.3 is 5.11 Å². The summed E-state index contributed by atoms with van der Waals surface area (Å²) in [4.78, 5) is 8.46. The van der Waals surface area contributed by atoms with Gasteiger partial charge in [-0.1, -0.05) is 11.6 Å². The molecule has 0 aliphatic rings. The Hall–Kier alpha value is -0.970. The third-order valence-electron chi connectivity index (χ3n) is 1.78. The Kier molecular flexibility index (Phi) is 2.77. The van der Waals surface area contributed by atoms with Gasteiger partial charge in [-0.15, -0.1) is 11.3 Å². The summed E-state index contributed by atoms with van der Waals surface area (Å²) < 4.78 is 0. The van der Waals surface area contributed by atoms with Gasteiger partial charge >= 0.3 is 0 Å². The molecule has 0 aliphatic heterocycles. The number of rotatable bonds is 2. The van der Waals surface area contributed by atoms with Crippen LogP contribution in [0, 0.1) is 0 Å². The standard InChI is InChI=1S/C9H7ClN2OS/c10-6-2-4-14-9(6)8(13)7-1-3-11-5-12-7/h1-5,8,13H. The van der Waals surface area contributed by atoms with Crippen LogP contribution in [-0.2, 0) is 0 Å². The van der Waals surface area contributed by atoms with Crippen molar-refractivity contribution in [3.63, 3.8) is 0 Å². The van der Waals surface area contributed by atoms with Crippen molar-refractivity contribution in [2.45, 2.75) is 6.10 Å². The Morgan fingerprint density at radius 1 is 1.43 bits per heavy atom. The molecule has 1 N–H and O–H groups in total. The van der Waals surface area contributed by atoms with Crippen LogP contribution in [0.1, 0.15) is 16.7 Å². The molecule has 0 radical (unpaired) electrons. The number of nitrogens with zero attached hydrogens (tertiary/aromatic N) is 2. The molecule has 3 nitrogen and oxygen atoms in total. The Labute approximate surface area is 90.0 Å². The SMILES string of the molecule is OC(c1ccncn1)c1sccc1Cl. The van der Waals surface area contributed by atoms with Gasteiger partial charge in [0.15, 0.2) is 0 Å². The van der Waals surface area contributed by atoms with Crippen LogP contribution < -0.4 is 0 Å². The Morgan fingerprint density at radius 3 is 2.86 bits per heavy atom.